The molecular formula is C21H22FN3O2. The molecule has 1 N–H and O–H groups in total. The molecule has 1 fully saturated rings. The molecule has 0 radical (unpaired) electrons. The number of carbonyl (C=O) groups excluding carboxylic acids is 2. The Morgan fingerprint density at radius 2 is 2.04 bits per heavy atom. The van der Waals surface area contributed by atoms with Gasteiger partial charge >= 0.3 is 0 Å². The third kappa shape index (κ3) is 3.27. The number of hydrogen-bond acceptors (Lipinski definition) is 3. The van der Waals surface area contributed by atoms with E-state index in [4.69, 9.17) is 0 Å². The maximum absolute atomic E-state index is 13.3. The summed E-state index contributed by atoms with van der Waals surface area (Å²) < 4.78 is 13.3. The first-order valence-corrected chi connectivity index (χ1v) is 9.25. The lowest BCUT2D eigenvalue weighted by atomic mass is 9.96. The van der Waals surface area contributed by atoms with Crippen LogP contribution in [0.2, 0.25) is 0 Å². The number of halogens is 1. The van der Waals surface area contributed by atoms with Crippen molar-refractivity contribution in [2.75, 3.05) is 23.4 Å². The number of rotatable bonds is 3. The molecule has 0 saturated carbocycles. The fourth-order valence-electron chi connectivity index (χ4n) is 3.93. The van der Waals surface area contributed by atoms with Crippen LogP contribution in [0.1, 0.15) is 35.2 Å². The van der Waals surface area contributed by atoms with Crippen molar-refractivity contribution < 1.29 is 14.0 Å². The number of likely N-dealkylation sites (N-methyl/N-ethyl adjacent to an activating group) is 1. The van der Waals surface area contributed by atoms with E-state index in [-0.39, 0.29) is 30.2 Å². The molecule has 0 aliphatic carbocycles. The molecule has 2 aromatic rings. The first kappa shape index (κ1) is 17.5. The smallest absolute Gasteiger partial charge is 0.251 e. The fraction of sp³-hybridized carbons (Fsp3) is 0.333. The second kappa shape index (κ2) is 7.02. The Morgan fingerprint density at radius 1 is 1.19 bits per heavy atom. The lowest BCUT2D eigenvalue weighted by Gasteiger charge is -2.44. The van der Waals surface area contributed by atoms with E-state index in [1.165, 1.54) is 12.1 Å². The molecule has 2 amide bonds. The average molecular weight is 367 g/mol. The number of piperidine rings is 1. The molecule has 1 saturated heterocycles. The number of anilines is 2. The largest absolute Gasteiger partial charge is 0.358 e. The van der Waals surface area contributed by atoms with Crippen LogP contribution < -0.4 is 15.1 Å². The molecule has 0 unspecified atom stereocenters. The van der Waals surface area contributed by atoms with Crippen LogP contribution in [0, 0.1) is 5.82 Å². The van der Waals surface area contributed by atoms with Gasteiger partial charge in [0.25, 0.3) is 5.91 Å². The number of nitrogens with zero attached hydrogens (tertiary/aromatic N) is 2. The summed E-state index contributed by atoms with van der Waals surface area (Å²) in [7, 11) is 1.77. The second-order valence-corrected chi connectivity index (χ2v) is 7.12. The number of benzene rings is 2. The maximum atomic E-state index is 13.3. The number of carbonyl (C=O) groups is 2. The van der Waals surface area contributed by atoms with Crippen LogP contribution in [0.15, 0.2) is 42.5 Å². The van der Waals surface area contributed by atoms with Crippen molar-refractivity contribution in [3.63, 3.8) is 0 Å². The Kier molecular flexibility index (Phi) is 4.56. The Labute approximate surface area is 157 Å². The predicted octanol–water partition coefficient (Wildman–Crippen LogP) is 3.09. The lowest BCUT2D eigenvalue weighted by molar-refractivity contribution is -0.120. The van der Waals surface area contributed by atoms with Crippen LogP contribution in [-0.4, -0.2) is 31.4 Å². The summed E-state index contributed by atoms with van der Waals surface area (Å²) in [6.45, 7) is 1.11. The second-order valence-electron chi connectivity index (χ2n) is 7.12. The summed E-state index contributed by atoms with van der Waals surface area (Å²) >= 11 is 0. The normalized spacial score (nSPS) is 18.7. The molecule has 4 rings (SSSR count). The lowest BCUT2D eigenvalue weighted by Crippen LogP contribution is -2.54. The highest BCUT2D eigenvalue weighted by atomic mass is 19.1. The van der Waals surface area contributed by atoms with Crippen LogP contribution in [0.4, 0.5) is 15.8 Å². The van der Waals surface area contributed by atoms with Gasteiger partial charge in [-0.15, -0.1) is 0 Å². The Hall–Kier alpha value is -2.89. The molecule has 0 bridgehead atoms. The van der Waals surface area contributed by atoms with Crippen molar-refractivity contribution in [1.29, 1.82) is 0 Å². The summed E-state index contributed by atoms with van der Waals surface area (Å²) in [5, 5.41) is 2.81. The predicted molar refractivity (Wildman–Crippen MR) is 102 cm³/mol. The van der Waals surface area contributed by atoms with Gasteiger partial charge in [0, 0.05) is 25.7 Å². The van der Waals surface area contributed by atoms with Crippen molar-refractivity contribution in [2.24, 2.45) is 0 Å². The molecule has 27 heavy (non-hydrogen) atoms. The summed E-state index contributed by atoms with van der Waals surface area (Å²) in [6, 6.07) is 11.5. The van der Waals surface area contributed by atoms with E-state index in [1.807, 2.05) is 6.07 Å². The molecular weight excluding hydrogens is 345 g/mol. The Morgan fingerprint density at radius 3 is 2.85 bits per heavy atom. The van der Waals surface area contributed by atoms with Gasteiger partial charge in [-0.2, -0.15) is 0 Å². The third-order valence-electron chi connectivity index (χ3n) is 5.37. The van der Waals surface area contributed by atoms with Crippen LogP contribution in [-0.2, 0) is 11.3 Å². The first-order chi connectivity index (χ1) is 13.0. The van der Waals surface area contributed by atoms with Crippen molar-refractivity contribution in [3.05, 3.63) is 59.4 Å². The van der Waals surface area contributed by atoms with E-state index in [0.717, 1.165) is 37.2 Å². The van der Waals surface area contributed by atoms with Gasteiger partial charge in [-0.1, -0.05) is 12.1 Å². The number of amides is 2. The quantitative estimate of drug-likeness (QED) is 0.907. The summed E-state index contributed by atoms with van der Waals surface area (Å²) in [5.74, 6) is -0.491. The average Bonchev–Trinajstić information content (AvgIpc) is 2.70. The topological polar surface area (TPSA) is 52.7 Å². The van der Waals surface area contributed by atoms with Gasteiger partial charge in [-0.25, -0.2) is 4.39 Å². The molecule has 2 aliphatic heterocycles. The number of fused-ring (bicyclic) bond motifs is 3. The summed E-state index contributed by atoms with van der Waals surface area (Å²) in [4.78, 5) is 29.1. The van der Waals surface area contributed by atoms with Gasteiger partial charge in [0.2, 0.25) is 5.91 Å². The molecule has 6 heteroatoms. The SMILES string of the molecule is CN1C(=O)[C@@H]2CCCCN2c2ccc(C(=O)NCc3cccc(F)c3)cc21. The van der Waals surface area contributed by atoms with E-state index in [1.54, 1.807) is 36.2 Å². The van der Waals surface area contributed by atoms with Crippen molar-refractivity contribution in [2.45, 2.75) is 31.8 Å². The zero-order chi connectivity index (χ0) is 19.0. The zero-order valence-electron chi connectivity index (χ0n) is 15.2. The molecule has 140 valence electrons. The highest BCUT2D eigenvalue weighted by Crippen LogP contribution is 2.39. The van der Waals surface area contributed by atoms with E-state index >= 15 is 0 Å². The molecule has 0 spiro atoms. The molecule has 2 aromatic carbocycles. The van der Waals surface area contributed by atoms with Crippen molar-refractivity contribution in [1.82, 2.24) is 5.32 Å². The third-order valence-corrected chi connectivity index (χ3v) is 5.37. The van der Waals surface area contributed by atoms with Crippen LogP contribution in [0.25, 0.3) is 0 Å². The van der Waals surface area contributed by atoms with Gasteiger partial charge in [0.05, 0.1) is 11.4 Å². The Balaban J connectivity index is 1.55. The highest BCUT2D eigenvalue weighted by Gasteiger charge is 2.37. The monoisotopic (exact) mass is 367 g/mol. The van der Waals surface area contributed by atoms with Gasteiger partial charge in [-0.05, 0) is 55.2 Å². The van der Waals surface area contributed by atoms with Gasteiger partial charge in [-0.3, -0.25) is 9.59 Å². The number of nitrogens with one attached hydrogen (secondary N) is 1. The summed E-state index contributed by atoms with van der Waals surface area (Å²) in [6.07, 6.45) is 3.01. The number of hydrogen-bond donors (Lipinski definition) is 1. The molecule has 2 aliphatic rings. The van der Waals surface area contributed by atoms with E-state index in [0.29, 0.717) is 11.1 Å². The molecule has 0 aromatic heterocycles. The first-order valence-electron chi connectivity index (χ1n) is 9.25. The van der Waals surface area contributed by atoms with E-state index in [2.05, 4.69) is 10.2 Å². The zero-order valence-corrected chi connectivity index (χ0v) is 15.2. The van der Waals surface area contributed by atoms with Gasteiger partial charge in [0.15, 0.2) is 0 Å². The molecule has 1 atom stereocenters. The minimum Gasteiger partial charge on any atom is -0.358 e. The molecule has 5 nitrogen and oxygen atoms in total. The van der Waals surface area contributed by atoms with Crippen molar-refractivity contribution >= 4 is 23.2 Å². The fourth-order valence-corrected chi connectivity index (χ4v) is 3.93. The standard InChI is InChI=1S/C21H22FN3O2/c1-24-19-12-15(20(26)23-13-14-5-4-6-16(22)11-14)8-9-17(19)25-10-3-2-7-18(25)21(24)27/h4-6,8-9,11-12,18H,2-3,7,10,13H2,1H3,(H,23,26)/t18-/m0/s1. The van der Waals surface area contributed by atoms with Gasteiger partial charge < -0.3 is 15.1 Å². The van der Waals surface area contributed by atoms with E-state index in [9.17, 15) is 14.0 Å². The minimum atomic E-state index is -0.327. The maximum Gasteiger partial charge on any atom is 0.251 e. The van der Waals surface area contributed by atoms with Crippen molar-refractivity contribution in [3.8, 4) is 0 Å². The van der Waals surface area contributed by atoms with Crippen LogP contribution in [0.3, 0.4) is 0 Å². The van der Waals surface area contributed by atoms with Crippen LogP contribution >= 0.6 is 0 Å². The summed E-state index contributed by atoms with van der Waals surface area (Å²) in [5.41, 5.74) is 2.95. The van der Waals surface area contributed by atoms with Crippen LogP contribution in [0.5, 0.6) is 0 Å². The Bertz CT molecular complexity index is 899. The highest BCUT2D eigenvalue weighted by molar-refractivity contribution is 6.07. The molecule has 2 heterocycles. The van der Waals surface area contributed by atoms with E-state index < -0.39 is 0 Å². The van der Waals surface area contributed by atoms with Gasteiger partial charge in [0.1, 0.15) is 11.9 Å². The minimum absolute atomic E-state index is 0.0829.